The molecule has 0 aliphatic heterocycles. The van der Waals surface area contributed by atoms with Crippen molar-refractivity contribution in [1.82, 2.24) is 0 Å². The first-order valence-electron chi connectivity index (χ1n) is 5.46. The summed E-state index contributed by atoms with van der Waals surface area (Å²) in [6, 6.07) is 9.38. The fourth-order valence-corrected chi connectivity index (χ4v) is 1.83. The number of nitrogens with two attached hydrogens (primary N) is 1. The lowest BCUT2D eigenvalue weighted by Gasteiger charge is -2.16. The fourth-order valence-electron chi connectivity index (χ4n) is 1.83. The zero-order valence-corrected chi connectivity index (χ0v) is 9.86. The van der Waals surface area contributed by atoms with Gasteiger partial charge in [-0.05, 0) is 35.9 Å². The number of ether oxygens (including phenoxy) is 1. The Morgan fingerprint density at radius 1 is 1.06 bits per heavy atom. The van der Waals surface area contributed by atoms with Gasteiger partial charge in [0.2, 0.25) is 0 Å². The molecule has 1 unspecified atom stereocenters. The van der Waals surface area contributed by atoms with Gasteiger partial charge < -0.3 is 10.5 Å². The number of hydrogen-bond donors (Lipinski definition) is 1. The highest BCUT2D eigenvalue weighted by Crippen LogP contribution is 2.29. The molecule has 0 radical (unpaired) electrons. The van der Waals surface area contributed by atoms with E-state index in [1.54, 1.807) is 12.1 Å². The quantitative estimate of drug-likeness (QED) is 0.907. The van der Waals surface area contributed by atoms with Gasteiger partial charge in [0.1, 0.15) is 17.4 Å². The second-order valence-corrected chi connectivity index (χ2v) is 3.92. The lowest BCUT2D eigenvalue weighted by atomic mass is 9.98. The van der Waals surface area contributed by atoms with E-state index in [-0.39, 0.29) is 5.82 Å². The normalized spacial score (nSPS) is 12.2. The van der Waals surface area contributed by atoms with Gasteiger partial charge in [-0.15, -0.1) is 0 Å². The third-order valence-corrected chi connectivity index (χ3v) is 2.73. The van der Waals surface area contributed by atoms with Crippen molar-refractivity contribution in [2.75, 3.05) is 7.11 Å². The van der Waals surface area contributed by atoms with Gasteiger partial charge in [0.15, 0.2) is 0 Å². The molecule has 2 aromatic rings. The number of hydrogen-bond acceptors (Lipinski definition) is 2. The van der Waals surface area contributed by atoms with Gasteiger partial charge in [-0.25, -0.2) is 8.78 Å². The molecule has 0 aliphatic carbocycles. The van der Waals surface area contributed by atoms with Gasteiger partial charge >= 0.3 is 0 Å². The topological polar surface area (TPSA) is 35.2 Å². The first kappa shape index (κ1) is 12.5. The molecule has 2 N–H and O–H groups in total. The second-order valence-electron chi connectivity index (χ2n) is 3.92. The van der Waals surface area contributed by atoms with Crippen LogP contribution in [0.3, 0.4) is 0 Å². The highest BCUT2D eigenvalue weighted by molar-refractivity contribution is 5.41. The zero-order chi connectivity index (χ0) is 13.1. The average molecular weight is 249 g/mol. The molecular weight excluding hydrogens is 236 g/mol. The summed E-state index contributed by atoms with van der Waals surface area (Å²) in [4.78, 5) is 0. The second kappa shape index (κ2) is 5.14. The lowest BCUT2D eigenvalue weighted by Crippen LogP contribution is -2.13. The Hall–Kier alpha value is -1.94. The van der Waals surface area contributed by atoms with Crippen molar-refractivity contribution in [2.24, 2.45) is 5.73 Å². The van der Waals surface area contributed by atoms with Crippen molar-refractivity contribution < 1.29 is 13.5 Å². The largest absolute Gasteiger partial charge is 0.496 e. The standard InChI is InChI=1S/C14H13F2NO/c1-18-13-6-5-11(16)8-12(13)14(17)9-3-2-4-10(15)7-9/h2-8,14H,17H2,1H3. The molecular formula is C14H13F2NO. The molecule has 4 heteroatoms. The molecule has 2 aromatic carbocycles. The summed E-state index contributed by atoms with van der Waals surface area (Å²) in [5.41, 5.74) is 7.07. The van der Waals surface area contributed by atoms with Crippen LogP contribution < -0.4 is 10.5 Å². The van der Waals surface area contributed by atoms with Crippen LogP contribution in [-0.2, 0) is 0 Å². The Morgan fingerprint density at radius 2 is 1.78 bits per heavy atom. The van der Waals surface area contributed by atoms with E-state index in [1.807, 2.05) is 0 Å². The van der Waals surface area contributed by atoms with Crippen molar-refractivity contribution in [3.63, 3.8) is 0 Å². The molecule has 0 aromatic heterocycles. The Morgan fingerprint density at radius 3 is 2.44 bits per heavy atom. The lowest BCUT2D eigenvalue weighted by molar-refractivity contribution is 0.406. The third kappa shape index (κ3) is 2.49. The van der Waals surface area contributed by atoms with Gasteiger partial charge in [0.25, 0.3) is 0 Å². The van der Waals surface area contributed by atoms with Crippen LogP contribution in [0.4, 0.5) is 8.78 Å². The van der Waals surface area contributed by atoms with Crippen LogP contribution in [0.1, 0.15) is 17.2 Å². The van der Waals surface area contributed by atoms with E-state index in [0.29, 0.717) is 16.9 Å². The van der Waals surface area contributed by atoms with Crippen molar-refractivity contribution >= 4 is 0 Å². The Balaban J connectivity index is 2.44. The minimum Gasteiger partial charge on any atom is -0.496 e. The number of benzene rings is 2. The average Bonchev–Trinajstić information content (AvgIpc) is 2.38. The maximum Gasteiger partial charge on any atom is 0.124 e. The minimum atomic E-state index is -0.633. The summed E-state index contributed by atoms with van der Waals surface area (Å²) < 4.78 is 31.5. The van der Waals surface area contributed by atoms with E-state index in [1.165, 1.54) is 37.4 Å². The van der Waals surface area contributed by atoms with Gasteiger partial charge in [-0.2, -0.15) is 0 Å². The molecule has 0 aliphatic rings. The molecule has 0 spiro atoms. The van der Waals surface area contributed by atoms with E-state index in [4.69, 9.17) is 10.5 Å². The molecule has 0 heterocycles. The summed E-state index contributed by atoms with van der Waals surface area (Å²) in [6.07, 6.45) is 0. The molecule has 0 saturated carbocycles. The van der Waals surface area contributed by atoms with Crippen molar-refractivity contribution in [1.29, 1.82) is 0 Å². The van der Waals surface area contributed by atoms with Crippen LogP contribution in [0.15, 0.2) is 42.5 Å². The molecule has 18 heavy (non-hydrogen) atoms. The summed E-state index contributed by atoms with van der Waals surface area (Å²) in [6.45, 7) is 0. The molecule has 0 saturated heterocycles. The van der Waals surface area contributed by atoms with E-state index < -0.39 is 11.9 Å². The predicted molar refractivity (Wildman–Crippen MR) is 65.4 cm³/mol. The predicted octanol–water partition coefficient (Wildman–Crippen LogP) is 3.02. The highest BCUT2D eigenvalue weighted by Gasteiger charge is 2.15. The van der Waals surface area contributed by atoms with Crippen LogP contribution in [0, 0.1) is 11.6 Å². The smallest absolute Gasteiger partial charge is 0.124 e. The zero-order valence-electron chi connectivity index (χ0n) is 9.86. The third-order valence-electron chi connectivity index (χ3n) is 2.73. The van der Waals surface area contributed by atoms with Crippen LogP contribution in [0.5, 0.6) is 5.75 Å². The van der Waals surface area contributed by atoms with Gasteiger partial charge in [0.05, 0.1) is 13.2 Å². The molecule has 94 valence electrons. The molecule has 2 rings (SSSR count). The van der Waals surface area contributed by atoms with Gasteiger partial charge in [-0.1, -0.05) is 12.1 Å². The van der Waals surface area contributed by atoms with Crippen LogP contribution in [-0.4, -0.2) is 7.11 Å². The summed E-state index contributed by atoms with van der Waals surface area (Å²) in [7, 11) is 1.48. The molecule has 0 bridgehead atoms. The highest BCUT2D eigenvalue weighted by atomic mass is 19.1. The number of rotatable bonds is 3. The first-order chi connectivity index (χ1) is 8.61. The van der Waals surface area contributed by atoms with E-state index >= 15 is 0 Å². The summed E-state index contributed by atoms with van der Waals surface area (Å²) in [5.74, 6) is -0.302. The fraction of sp³-hybridized carbons (Fsp3) is 0.143. The molecule has 0 amide bonds. The molecule has 0 fully saturated rings. The minimum absolute atomic E-state index is 0.377. The van der Waals surface area contributed by atoms with Crippen molar-refractivity contribution in [2.45, 2.75) is 6.04 Å². The van der Waals surface area contributed by atoms with Crippen LogP contribution in [0.2, 0.25) is 0 Å². The van der Waals surface area contributed by atoms with E-state index in [9.17, 15) is 8.78 Å². The van der Waals surface area contributed by atoms with Gasteiger partial charge in [-0.3, -0.25) is 0 Å². The monoisotopic (exact) mass is 249 g/mol. The van der Waals surface area contributed by atoms with Gasteiger partial charge in [0, 0.05) is 5.56 Å². The molecule has 2 nitrogen and oxygen atoms in total. The Labute approximate surface area is 104 Å². The van der Waals surface area contributed by atoms with E-state index in [0.717, 1.165) is 0 Å². The number of methoxy groups -OCH3 is 1. The van der Waals surface area contributed by atoms with E-state index in [2.05, 4.69) is 0 Å². The Bertz CT molecular complexity index is 557. The SMILES string of the molecule is COc1ccc(F)cc1C(N)c1cccc(F)c1. The number of halogens is 2. The van der Waals surface area contributed by atoms with Crippen LogP contribution in [0.25, 0.3) is 0 Å². The van der Waals surface area contributed by atoms with Crippen LogP contribution >= 0.6 is 0 Å². The summed E-state index contributed by atoms with van der Waals surface area (Å²) >= 11 is 0. The molecule has 1 atom stereocenters. The van der Waals surface area contributed by atoms with Crippen molar-refractivity contribution in [3.05, 3.63) is 65.2 Å². The maximum atomic E-state index is 13.3. The maximum absolute atomic E-state index is 13.3. The first-order valence-corrected chi connectivity index (χ1v) is 5.46. The Kier molecular flexibility index (Phi) is 3.58. The summed E-state index contributed by atoms with van der Waals surface area (Å²) in [5, 5.41) is 0. The van der Waals surface area contributed by atoms with Crippen molar-refractivity contribution in [3.8, 4) is 5.75 Å².